The molecule has 0 bridgehead atoms. The third-order valence-electron chi connectivity index (χ3n) is 5.01. The zero-order valence-corrected chi connectivity index (χ0v) is 11.8. The van der Waals surface area contributed by atoms with Crippen molar-refractivity contribution in [2.45, 2.75) is 44.2 Å². The Morgan fingerprint density at radius 3 is 3.05 bits per heavy atom. The van der Waals surface area contributed by atoms with Gasteiger partial charge in [0.05, 0.1) is 11.3 Å². The van der Waals surface area contributed by atoms with Crippen molar-refractivity contribution in [1.29, 1.82) is 0 Å². The van der Waals surface area contributed by atoms with Gasteiger partial charge in [-0.25, -0.2) is 4.39 Å². The fourth-order valence-electron chi connectivity index (χ4n) is 3.75. The van der Waals surface area contributed by atoms with Crippen LogP contribution in [0.25, 0.3) is 0 Å². The van der Waals surface area contributed by atoms with Gasteiger partial charge >= 0.3 is 0 Å². The van der Waals surface area contributed by atoms with Crippen molar-refractivity contribution in [1.82, 2.24) is 4.90 Å². The molecule has 3 nitrogen and oxygen atoms in total. The van der Waals surface area contributed by atoms with Crippen LogP contribution in [-0.2, 0) is 6.54 Å². The van der Waals surface area contributed by atoms with E-state index in [4.69, 9.17) is 5.73 Å². The number of hydrogen-bond acceptors (Lipinski definition) is 3. The zero-order valence-electron chi connectivity index (χ0n) is 11.8. The van der Waals surface area contributed by atoms with Crippen molar-refractivity contribution in [2.75, 3.05) is 18.8 Å². The summed E-state index contributed by atoms with van der Waals surface area (Å²) in [7, 11) is 0. The van der Waals surface area contributed by atoms with Gasteiger partial charge in [0.15, 0.2) is 5.82 Å². The first kappa shape index (κ1) is 13.8. The van der Waals surface area contributed by atoms with Gasteiger partial charge in [0.25, 0.3) is 0 Å². The second-order valence-corrected chi connectivity index (χ2v) is 6.35. The molecule has 2 aliphatic rings. The summed E-state index contributed by atoms with van der Waals surface area (Å²) in [6, 6.07) is 5.19. The number of hydrogen-bond donors (Lipinski definition) is 2. The van der Waals surface area contributed by atoms with Crippen LogP contribution >= 0.6 is 0 Å². The van der Waals surface area contributed by atoms with E-state index in [0.29, 0.717) is 18.0 Å². The molecular formula is C16H23FN2O. The summed E-state index contributed by atoms with van der Waals surface area (Å²) in [6.45, 7) is 2.29. The summed E-state index contributed by atoms with van der Waals surface area (Å²) < 4.78 is 14.0. The van der Waals surface area contributed by atoms with Crippen molar-refractivity contribution in [2.24, 2.45) is 5.92 Å². The number of nitrogens with zero attached hydrogens (tertiary/aromatic N) is 1. The van der Waals surface area contributed by atoms with Crippen molar-refractivity contribution >= 4 is 5.69 Å². The standard InChI is InChI=1S/C16H23FN2O/c17-15-12(4-3-6-14(15)18)10-19-9-8-16(20)7-2-1-5-13(16)11-19/h3-4,6,13,20H,1-2,5,7-11,18H2. The van der Waals surface area contributed by atoms with E-state index < -0.39 is 5.60 Å². The van der Waals surface area contributed by atoms with Gasteiger partial charge < -0.3 is 10.8 Å². The molecule has 3 rings (SSSR count). The zero-order chi connectivity index (χ0) is 14.2. The Kier molecular flexibility index (Phi) is 3.69. The number of benzene rings is 1. The lowest BCUT2D eigenvalue weighted by Gasteiger charge is -2.47. The minimum Gasteiger partial charge on any atom is -0.396 e. The number of rotatable bonds is 2. The predicted molar refractivity (Wildman–Crippen MR) is 77.6 cm³/mol. The van der Waals surface area contributed by atoms with Crippen LogP contribution in [-0.4, -0.2) is 28.7 Å². The Morgan fingerprint density at radius 1 is 1.35 bits per heavy atom. The molecule has 1 saturated heterocycles. The molecule has 0 aromatic heterocycles. The SMILES string of the molecule is Nc1cccc(CN2CCC3(O)CCCCC3C2)c1F. The second-order valence-electron chi connectivity index (χ2n) is 6.35. The molecule has 3 N–H and O–H groups in total. The largest absolute Gasteiger partial charge is 0.396 e. The molecule has 1 heterocycles. The maximum atomic E-state index is 14.0. The van der Waals surface area contributed by atoms with Gasteiger partial charge in [0.2, 0.25) is 0 Å². The lowest BCUT2D eigenvalue weighted by Crippen LogP contribution is -2.53. The number of aliphatic hydroxyl groups is 1. The highest BCUT2D eigenvalue weighted by molar-refractivity contribution is 5.42. The first-order valence-electron chi connectivity index (χ1n) is 7.56. The fourth-order valence-corrected chi connectivity index (χ4v) is 3.75. The molecule has 4 heteroatoms. The molecule has 1 saturated carbocycles. The molecule has 0 spiro atoms. The summed E-state index contributed by atoms with van der Waals surface area (Å²) in [5, 5.41) is 10.7. The summed E-state index contributed by atoms with van der Waals surface area (Å²) in [5.74, 6) is 0.0473. The molecule has 110 valence electrons. The van der Waals surface area contributed by atoms with E-state index in [1.165, 1.54) is 6.42 Å². The minimum atomic E-state index is -0.469. The molecule has 1 aliphatic heterocycles. The van der Waals surface area contributed by atoms with Crippen LogP contribution in [0.2, 0.25) is 0 Å². The Labute approximate surface area is 119 Å². The highest BCUT2D eigenvalue weighted by Gasteiger charge is 2.42. The van der Waals surface area contributed by atoms with Crippen LogP contribution in [0.4, 0.5) is 10.1 Å². The monoisotopic (exact) mass is 278 g/mol. The van der Waals surface area contributed by atoms with Crippen LogP contribution in [0.3, 0.4) is 0 Å². The summed E-state index contributed by atoms with van der Waals surface area (Å²) in [6.07, 6.45) is 5.16. The first-order chi connectivity index (χ1) is 9.58. The molecule has 0 amide bonds. The van der Waals surface area contributed by atoms with Crippen molar-refractivity contribution in [3.05, 3.63) is 29.6 Å². The number of anilines is 1. The number of piperidine rings is 1. The lowest BCUT2D eigenvalue weighted by atomic mass is 9.71. The van der Waals surface area contributed by atoms with E-state index >= 15 is 0 Å². The molecule has 2 atom stereocenters. The molecular weight excluding hydrogens is 255 g/mol. The van der Waals surface area contributed by atoms with Crippen molar-refractivity contribution in [3.63, 3.8) is 0 Å². The Bertz CT molecular complexity index is 493. The van der Waals surface area contributed by atoms with Crippen LogP contribution in [0.15, 0.2) is 18.2 Å². The number of halogens is 1. The van der Waals surface area contributed by atoms with E-state index in [1.807, 2.05) is 0 Å². The van der Waals surface area contributed by atoms with Gasteiger partial charge in [0, 0.05) is 31.1 Å². The molecule has 2 unspecified atom stereocenters. The summed E-state index contributed by atoms with van der Waals surface area (Å²) in [4.78, 5) is 2.25. The Morgan fingerprint density at radius 2 is 2.20 bits per heavy atom. The average Bonchev–Trinajstić information content (AvgIpc) is 2.44. The highest BCUT2D eigenvalue weighted by atomic mass is 19.1. The van der Waals surface area contributed by atoms with Crippen molar-refractivity contribution < 1.29 is 9.50 Å². The van der Waals surface area contributed by atoms with Crippen LogP contribution in [0, 0.1) is 11.7 Å². The first-order valence-corrected chi connectivity index (χ1v) is 7.56. The lowest BCUT2D eigenvalue weighted by molar-refractivity contribution is -0.0968. The number of nitrogen functional groups attached to an aromatic ring is 1. The highest BCUT2D eigenvalue weighted by Crippen LogP contribution is 2.40. The molecule has 0 radical (unpaired) electrons. The molecule has 1 aromatic rings. The Hall–Kier alpha value is -1.13. The van der Waals surface area contributed by atoms with E-state index in [0.717, 1.165) is 38.8 Å². The topological polar surface area (TPSA) is 49.5 Å². The number of likely N-dealkylation sites (tertiary alicyclic amines) is 1. The van der Waals surface area contributed by atoms with Crippen LogP contribution in [0.1, 0.15) is 37.7 Å². The van der Waals surface area contributed by atoms with E-state index in [1.54, 1.807) is 18.2 Å². The van der Waals surface area contributed by atoms with Gasteiger partial charge in [-0.1, -0.05) is 25.0 Å². The van der Waals surface area contributed by atoms with Gasteiger partial charge in [-0.15, -0.1) is 0 Å². The predicted octanol–water partition coefficient (Wildman–Crippen LogP) is 2.53. The van der Waals surface area contributed by atoms with Gasteiger partial charge in [0.1, 0.15) is 0 Å². The summed E-state index contributed by atoms with van der Waals surface area (Å²) in [5.41, 5.74) is 6.03. The second kappa shape index (κ2) is 5.34. The third-order valence-corrected chi connectivity index (χ3v) is 5.01. The van der Waals surface area contributed by atoms with Crippen LogP contribution in [0.5, 0.6) is 0 Å². The van der Waals surface area contributed by atoms with Crippen molar-refractivity contribution in [3.8, 4) is 0 Å². The van der Waals surface area contributed by atoms with Gasteiger partial charge in [-0.3, -0.25) is 4.90 Å². The summed E-state index contributed by atoms with van der Waals surface area (Å²) >= 11 is 0. The fraction of sp³-hybridized carbons (Fsp3) is 0.625. The quantitative estimate of drug-likeness (QED) is 0.817. The van der Waals surface area contributed by atoms with Crippen LogP contribution < -0.4 is 5.73 Å². The average molecular weight is 278 g/mol. The van der Waals surface area contributed by atoms with E-state index in [-0.39, 0.29) is 11.5 Å². The normalized spacial score (nSPS) is 31.0. The molecule has 1 aliphatic carbocycles. The smallest absolute Gasteiger partial charge is 0.150 e. The molecule has 2 fully saturated rings. The molecule has 20 heavy (non-hydrogen) atoms. The molecule has 1 aromatic carbocycles. The minimum absolute atomic E-state index is 0.216. The maximum Gasteiger partial charge on any atom is 0.150 e. The van der Waals surface area contributed by atoms with Gasteiger partial charge in [-0.05, 0) is 25.3 Å². The maximum absolute atomic E-state index is 14.0. The number of nitrogens with two attached hydrogens (primary N) is 1. The number of fused-ring (bicyclic) bond motifs is 1. The third kappa shape index (κ3) is 2.54. The van der Waals surface area contributed by atoms with E-state index in [9.17, 15) is 9.50 Å². The van der Waals surface area contributed by atoms with E-state index in [2.05, 4.69) is 4.90 Å². The van der Waals surface area contributed by atoms with Gasteiger partial charge in [-0.2, -0.15) is 0 Å². The Balaban J connectivity index is 1.69.